The van der Waals surface area contributed by atoms with Gasteiger partial charge in [-0.2, -0.15) is 0 Å². The first kappa shape index (κ1) is 28.0. The number of fused-ring (bicyclic) bond motifs is 3. The molecule has 41 heavy (non-hydrogen) atoms. The lowest BCUT2D eigenvalue weighted by Crippen LogP contribution is -2.41. The van der Waals surface area contributed by atoms with Crippen LogP contribution in [0, 0.1) is 0 Å². The number of hydrogen-bond acceptors (Lipinski definition) is 3. The van der Waals surface area contributed by atoms with Gasteiger partial charge in [0.1, 0.15) is 0 Å². The average molecular weight is 675 g/mol. The molecule has 5 aromatic rings. The van der Waals surface area contributed by atoms with Gasteiger partial charge < -0.3 is 9.47 Å². The standard InChI is InChI=1S/C34H33Br2N3O2/c1-3-37(4-2)29-17-16-28-32-26(29)10-9-11-27(32)33(40)39(34(28)41)19-8-6-5-7-18-38-30-20-22(35)12-14-24(30)25-15-13-23(36)21-31(25)38/h9-17,20-21H,3-8,18-19H2,1-2H3. The topological polar surface area (TPSA) is 45.6 Å². The van der Waals surface area contributed by atoms with E-state index in [0.717, 1.165) is 70.7 Å². The predicted molar refractivity (Wildman–Crippen MR) is 176 cm³/mol. The Morgan fingerprint density at radius 1 is 0.659 bits per heavy atom. The van der Waals surface area contributed by atoms with Crippen molar-refractivity contribution in [2.45, 2.75) is 46.1 Å². The molecular weight excluding hydrogens is 642 g/mol. The Bertz CT molecular complexity index is 1720. The molecule has 0 N–H and O–H groups in total. The second-order valence-corrected chi connectivity index (χ2v) is 12.5. The maximum absolute atomic E-state index is 13.5. The highest BCUT2D eigenvalue weighted by atomic mass is 79.9. The van der Waals surface area contributed by atoms with E-state index < -0.39 is 0 Å². The van der Waals surface area contributed by atoms with Crippen LogP contribution >= 0.6 is 31.9 Å². The number of carbonyl (C=O) groups is 2. The third-order valence-electron chi connectivity index (χ3n) is 8.38. The van der Waals surface area contributed by atoms with Crippen molar-refractivity contribution < 1.29 is 9.59 Å². The molecule has 0 bridgehead atoms. The molecule has 2 heterocycles. The average Bonchev–Trinajstić information content (AvgIpc) is 3.27. The molecule has 0 aliphatic carbocycles. The zero-order chi connectivity index (χ0) is 28.7. The number of nitrogens with zero attached hydrogens (tertiary/aromatic N) is 3. The number of hydrogen-bond donors (Lipinski definition) is 0. The van der Waals surface area contributed by atoms with E-state index >= 15 is 0 Å². The summed E-state index contributed by atoms with van der Waals surface area (Å²) in [7, 11) is 0. The summed E-state index contributed by atoms with van der Waals surface area (Å²) in [5, 5.41) is 4.30. The second kappa shape index (κ2) is 11.6. The molecule has 210 valence electrons. The number of halogens is 2. The van der Waals surface area contributed by atoms with Gasteiger partial charge in [-0.3, -0.25) is 14.5 Å². The fourth-order valence-electron chi connectivity index (χ4n) is 6.35. The molecule has 2 amide bonds. The number of anilines is 1. The second-order valence-electron chi connectivity index (χ2n) is 10.7. The number of rotatable bonds is 10. The predicted octanol–water partition coefficient (Wildman–Crippen LogP) is 9.18. The summed E-state index contributed by atoms with van der Waals surface area (Å²) in [5.41, 5.74) is 4.81. The molecule has 6 rings (SSSR count). The van der Waals surface area contributed by atoms with Gasteiger partial charge in [-0.1, -0.05) is 69.0 Å². The summed E-state index contributed by atoms with van der Waals surface area (Å²) in [6.45, 7) is 7.35. The third-order valence-corrected chi connectivity index (χ3v) is 9.36. The van der Waals surface area contributed by atoms with E-state index in [1.807, 2.05) is 30.3 Å². The minimum Gasteiger partial charge on any atom is -0.372 e. The van der Waals surface area contributed by atoms with Gasteiger partial charge in [0.25, 0.3) is 11.8 Å². The normalized spacial score (nSPS) is 13.2. The molecule has 1 aromatic heterocycles. The van der Waals surface area contributed by atoms with Gasteiger partial charge in [-0.15, -0.1) is 0 Å². The van der Waals surface area contributed by atoms with Gasteiger partial charge >= 0.3 is 0 Å². The zero-order valence-corrected chi connectivity index (χ0v) is 26.6. The van der Waals surface area contributed by atoms with Crippen molar-refractivity contribution in [1.82, 2.24) is 9.47 Å². The minimum absolute atomic E-state index is 0.175. The molecule has 1 aliphatic heterocycles. The van der Waals surface area contributed by atoms with Crippen LogP contribution < -0.4 is 4.90 Å². The number of aromatic nitrogens is 1. The fourth-order valence-corrected chi connectivity index (χ4v) is 7.05. The van der Waals surface area contributed by atoms with Gasteiger partial charge in [0.15, 0.2) is 0 Å². The molecule has 5 nitrogen and oxygen atoms in total. The molecule has 0 saturated heterocycles. The molecule has 0 saturated carbocycles. The maximum atomic E-state index is 13.5. The van der Waals surface area contributed by atoms with Crippen LogP contribution in [0.4, 0.5) is 5.69 Å². The number of benzene rings is 4. The van der Waals surface area contributed by atoms with Crippen molar-refractivity contribution in [2.24, 2.45) is 0 Å². The molecule has 0 spiro atoms. The highest BCUT2D eigenvalue weighted by Crippen LogP contribution is 2.36. The van der Waals surface area contributed by atoms with Crippen molar-refractivity contribution in [2.75, 3.05) is 24.5 Å². The van der Waals surface area contributed by atoms with Crippen molar-refractivity contribution in [3.05, 3.63) is 86.8 Å². The van der Waals surface area contributed by atoms with E-state index in [9.17, 15) is 9.59 Å². The van der Waals surface area contributed by atoms with E-state index in [1.165, 1.54) is 26.7 Å². The molecule has 0 fully saturated rings. The van der Waals surface area contributed by atoms with E-state index in [1.54, 1.807) is 0 Å². The Kier molecular flexibility index (Phi) is 7.92. The SMILES string of the molecule is CCN(CC)c1ccc2c3c(cccc13)C(=O)N(CCCCCCn1c3cc(Br)ccc3c3ccc(Br)cc31)C2=O. The molecule has 0 unspecified atom stereocenters. The van der Waals surface area contributed by atoms with Crippen molar-refractivity contribution in [1.29, 1.82) is 0 Å². The summed E-state index contributed by atoms with van der Waals surface area (Å²) in [4.78, 5) is 30.7. The Hall–Kier alpha value is -3.16. The van der Waals surface area contributed by atoms with Gasteiger partial charge in [0.05, 0.1) is 11.0 Å². The number of amides is 2. The lowest BCUT2D eigenvalue weighted by molar-refractivity contribution is 0.0607. The smallest absolute Gasteiger partial charge is 0.261 e. The molecule has 0 radical (unpaired) electrons. The van der Waals surface area contributed by atoms with Crippen LogP contribution in [0.3, 0.4) is 0 Å². The van der Waals surface area contributed by atoms with Crippen LogP contribution in [0.25, 0.3) is 32.6 Å². The quantitative estimate of drug-likeness (QED) is 0.110. The highest BCUT2D eigenvalue weighted by molar-refractivity contribution is 9.10. The molecule has 1 aliphatic rings. The first-order valence-electron chi connectivity index (χ1n) is 14.5. The highest BCUT2D eigenvalue weighted by Gasteiger charge is 2.33. The number of unbranched alkanes of at least 4 members (excludes halogenated alkanes) is 3. The Balaban J connectivity index is 1.13. The Morgan fingerprint density at radius 3 is 1.85 bits per heavy atom. The molecule has 4 aromatic carbocycles. The van der Waals surface area contributed by atoms with Crippen LogP contribution in [0.2, 0.25) is 0 Å². The van der Waals surface area contributed by atoms with Crippen LogP contribution in [0.5, 0.6) is 0 Å². The lowest BCUT2D eigenvalue weighted by atomic mass is 9.92. The number of carbonyl (C=O) groups excluding carboxylic acids is 2. The van der Waals surface area contributed by atoms with Crippen LogP contribution in [0.1, 0.15) is 60.2 Å². The van der Waals surface area contributed by atoms with Gasteiger partial charge in [-0.05, 0) is 69.2 Å². The van der Waals surface area contributed by atoms with E-state index in [4.69, 9.17) is 0 Å². The summed E-state index contributed by atoms with van der Waals surface area (Å²) >= 11 is 7.28. The van der Waals surface area contributed by atoms with Gasteiger partial charge in [0, 0.05) is 73.5 Å². The summed E-state index contributed by atoms with van der Waals surface area (Å²) < 4.78 is 4.55. The number of imide groups is 1. The van der Waals surface area contributed by atoms with Crippen molar-refractivity contribution in [3.8, 4) is 0 Å². The van der Waals surface area contributed by atoms with Gasteiger partial charge in [0.2, 0.25) is 0 Å². The molecule has 0 atom stereocenters. The van der Waals surface area contributed by atoms with Gasteiger partial charge in [-0.25, -0.2) is 0 Å². The first-order valence-corrected chi connectivity index (χ1v) is 16.1. The summed E-state index contributed by atoms with van der Waals surface area (Å²) in [5.74, 6) is -0.350. The monoisotopic (exact) mass is 673 g/mol. The third kappa shape index (κ3) is 4.97. The molecular formula is C34H33Br2N3O2. The van der Waals surface area contributed by atoms with E-state index in [-0.39, 0.29) is 11.8 Å². The Labute approximate surface area is 257 Å². The number of aryl methyl sites for hydroxylation is 1. The molecule has 7 heteroatoms. The van der Waals surface area contributed by atoms with Crippen molar-refractivity contribution >= 4 is 81.9 Å². The lowest BCUT2D eigenvalue weighted by Gasteiger charge is -2.30. The zero-order valence-electron chi connectivity index (χ0n) is 23.4. The Morgan fingerprint density at radius 2 is 1.24 bits per heavy atom. The van der Waals surface area contributed by atoms with Crippen LogP contribution in [0.15, 0.2) is 75.7 Å². The van der Waals surface area contributed by atoms with E-state index in [0.29, 0.717) is 17.7 Å². The largest absolute Gasteiger partial charge is 0.372 e. The first-order chi connectivity index (χ1) is 19.9. The van der Waals surface area contributed by atoms with E-state index in [2.05, 4.69) is 91.6 Å². The van der Waals surface area contributed by atoms with Crippen LogP contribution in [-0.4, -0.2) is 40.9 Å². The summed E-state index contributed by atoms with van der Waals surface area (Å²) in [6, 6.07) is 22.7. The van der Waals surface area contributed by atoms with Crippen molar-refractivity contribution in [3.63, 3.8) is 0 Å². The fraction of sp³-hybridized carbons (Fsp3) is 0.294. The summed E-state index contributed by atoms with van der Waals surface area (Å²) in [6.07, 6.45) is 3.80. The van der Waals surface area contributed by atoms with Crippen LogP contribution in [-0.2, 0) is 6.54 Å². The minimum atomic E-state index is -0.175. The maximum Gasteiger partial charge on any atom is 0.261 e.